The Morgan fingerprint density at radius 3 is 1.20 bits per heavy atom. The third-order valence-electron chi connectivity index (χ3n) is 10.1. The molecule has 0 aromatic carbocycles. The Hall–Kier alpha value is -1.52. The molecule has 326 valence electrons. The highest BCUT2D eigenvalue weighted by Crippen LogP contribution is 2.43. The SMILES string of the molecule is CCCCCCCCCCCCCCCCCCCCCCCC(=O)OCC(O)COP(=O)(O)OCC(NC(=O)CCCCCCCCCCCC)C(=O)O. The summed E-state index contributed by atoms with van der Waals surface area (Å²) in [4.78, 5) is 45.8. The molecule has 0 aromatic rings. The number of rotatable bonds is 43. The van der Waals surface area contributed by atoms with Crippen LogP contribution in [0.3, 0.4) is 0 Å². The molecule has 0 aromatic heterocycles. The molecule has 0 heterocycles. The highest BCUT2D eigenvalue weighted by molar-refractivity contribution is 7.47. The monoisotopic (exact) mass is 806 g/mol. The van der Waals surface area contributed by atoms with E-state index in [9.17, 15) is 34.1 Å². The van der Waals surface area contributed by atoms with Gasteiger partial charge in [0.05, 0.1) is 13.2 Å². The summed E-state index contributed by atoms with van der Waals surface area (Å²) in [5.74, 6) is -2.36. The molecule has 3 atom stereocenters. The summed E-state index contributed by atoms with van der Waals surface area (Å²) in [6.45, 7) is 2.60. The number of aliphatic hydroxyl groups excluding tert-OH is 1. The maximum absolute atomic E-state index is 12.2. The second-order valence-corrected chi connectivity index (χ2v) is 17.1. The lowest BCUT2D eigenvalue weighted by molar-refractivity contribution is -0.147. The highest BCUT2D eigenvalue weighted by Gasteiger charge is 2.28. The standard InChI is InChI=1S/C43H84NO10P/c1-3-5-7-9-11-13-15-16-17-18-19-20-21-22-23-24-25-27-29-31-33-35-42(47)52-36-39(45)37-53-55(50,51)54-38-40(43(48)49)44-41(46)34-32-30-28-26-14-12-10-8-6-4-2/h39-40,45H,3-38H2,1-2H3,(H,44,46)(H,48,49)(H,50,51). The number of hydrogen-bond donors (Lipinski definition) is 4. The van der Waals surface area contributed by atoms with Crippen molar-refractivity contribution in [1.29, 1.82) is 0 Å². The number of amides is 1. The minimum Gasteiger partial charge on any atom is -0.480 e. The molecular weight excluding hydrogens is 721 g/mol. The smallest absolute Gasteiger partial charge is 0.472 e. The van der Waals surface area contributed by atoms with Crippen LogP contribution < -0.4 is 5.32 Å². The minimum atomic E-state index is -4.74. The largest absolute Gasteiger partial charge is 0.480 e. The van der Waals surface area contributed by atoms with Gasteiger partial charge in [0, 0.05) is 12.8 Å². The molecule has 1 amide bonds. The fourth-order valence-electron chi connectivity index (χ4n) is 6.61. The number of carbonyl (C=O) groups is 3. The molecule has 0 spiro atoms. The van der Waals surface area contributed by atoms with Crippen LogP contribution in [0.15, 0.2) is 0 Å². The van der Waals surface area contributed by atoms with Crippen molar-refractivity contribution in [2.24, 2.45) is 0 Å². The lowest BCUT2D eigenvalue weighted by Gasteiger charge is -2.18. The molecule has 0 aliphatic heterocycles. The third kappa shape index (κ3) is 39.1. The summed E-state index contributed by atoms with van der Waals surface area (Å²) in [6.07, 6.45) is 37.2. The molecule has 0 rings (SSSR count). The molecule has 11 nitrogen and oxygen atoms in total. The van der Waals surface area contributed by atoms with Crippen LogP contribution in [-0.4, -0.2) is 64.9 Å². The van der Waals surface area contributed by atoms with Crippen molar-refractivity contribution >= 4 is 25.7 Å². The zero-order valence-corrected chi connectivity index (χ0v) is 36.2. The van der Waals surface area contributed by atoms with Gasteiger partial charge >= 0.3 is 19.8 Å². The fourth-order valence-corrected chi connectivity index (χ4v) is 7.38. The Bertz CT molecular complexity index is 952. The normalized spacial score (nSPS) is 13.7. The molecule has 0 fully saturated rings. The number of carboxylic acids is 1. The summed E-state index contributed by atoms with van der Waals surface area (Å²) >= 11 is 0. The quantitative estimate of drug-likeness (QED) is 0.0264. The summed E-state index contributed by atoms with van der Waals surface area (Å²) in [5, 5.41) is 21.8. The van der Waals surface area contributed by atoms with E-state index in [-0.39, 0.29) is 12.8 Å². The number of phosphoric ester groups is 1. The van der Waals surface area contributed by atoms with Gasteiger partial charge in [-0.2, -0.15) is 0 Å². The van der Waals surface area contributed by atoms with Gasteiger partial charge in [-0.3, -0.25) is 18.6 Å². The summed E-state index contributed by atoms with van der Waals surface area (Å²) < 4.78 is 26.8. The first kappa shape index (κ1) is 53.5. The van der Waals surface area contributed by atoms with Crippen molar-refractivity contribution in [2.75, 3.05) is 19.8 Å². The molecular formula is C43H84NO10P. The number of unbranched alkanes of at least 4 members (excludes halogenated alkanes) is 29. The minimum absolute atomic E-state index is 0.151. The van der Waals surface area contributed by atoms with Crippen LogP contribution in [0.1, 0.15) is 226 Å². The number of aliphatic carboxylic acids is 1. The Morgan fingerprint density at radius 1 is 0.509 bits per heavy atom. The predicted molar refractivity (Wildman–Crippen MR) is 222 cm³/mol. The van der Waals surface area contributed by atoms with E-state index in [2.05, 4.69) is 19.2 Å². The van der Waals surface area contributed by atoms with Crippen LogP contribution in [0.2, 0.25) is 0 Å². The van der Waals surface area contributed by atoms with Gasteiger partial charge in [-0.05, 0) is 12.8 Å². The number of hydrogen-bond acceptors (Lipinski definition) is 8. The van der Waals surface area contributed by atoms with Gasteiger partial charge in [-0.15, -0.1) is 0 Å². The number of aliphatic hydroxyl groups is 1. The lowest BCUT2D eigenvalue weighted by Crippen LogP contribution is -2.43. The van der Waals surface area contributed by atoms with Crippen molar-refractivity contribution in [3.05, 3.63) is 0 Å². The molecule has 0 radical (unpaired) electrons. The maximum Gasteiger partial charge on any atom is 0.472 e. The average Bonchev–Trinajstić information content (AvgIpc) is 3.16. The zero-order chi connectivity index (χ0) is 40.7. The van der Waals surface area contributed by atoms with E-state index in [0.717, 1.165) is 38.5 Å². The van der Waals surface area contributed by atoms with Crippen molar-refractivity contribution in [3.63, 3.8) is 0 Å². The molecule has 0 bridgehead atoms. The van der Waals surface area contributed by atoms with Crippen LogP contribution in [0.5, 0.6) is 0 Å². The Balaban J connectivity index is 3.77. The first-order valence-corrected chi connectivity index (χ1v) is 24.1. The fraction of sp³-hybridized carbons (Fsp3) is 0.930. The Morgan fingerprint density at radius 2 is 0.836 bits per heavy atom. The number of ether oxygens (including phenoxy) is 1. The van der Waals surface area contributed by atoms with Gasteiger partial charge in [0.1, 0.15) is 12.7 Å². The molecule has 0 aliphatic rings. The van der Waals surface area contributed by atoms with Crippen molar-refractivity contribution in [2.45, 2.75) is 238 Å². The molecule has 12 heteroatoms. The lowest BCUT2D eigenvalue weighted by atomic mass is 10.0. The Labute approximate surface area is 335 Å². The highest BCUT2D eigenvalue weighted by atomic mass is 31.2. The number of phosphoric acid groups is 1. The van der Waals surface area contributed by atoms with E-state index in [1.807, 2.05) is 0 Å². The van der Waals surface area contributed by atoms with E-state index in [0.29, 0.717) is 12.8 Å². The van der Waals surface area contributed by atoms with Gasteiger partial charge in [-0.1, -0.05) is 200 Å². The first-order chi connectivity index (χ1) is 26.6. The number of carboxylic acid groups (broad SMARTS) is 1. The van der Waals surface area contributed by atoms with Gasteiger partial charge in [0.15, 0.2) is 6.04 Å². The van der Waals surface area contributed by atoms with Crippen molar-refractivity contribution < 1.29 is 47.8 Å². The average molecular weight is 806 g/mol. The van der Waals surface area contributed by atoms with E-state index in [4.69, 9.17) is 13.8 Å². The number of esters is 1. The molecule has 0 aliphatic carbocycles. The summed E-state index contributed by atoms with van der Waals surface area (Å²) in [7, 11) is -4.74. The number of nitrogens with one attached hydrogen (secondary N) is 1. The van der Waals surface area contributed by atoms with E-state index in [1.54, 1.807) is 0 Å². The Kier molecular flexibility index (Phi) is 38.2. The van der Waals surface area contributed by atoms with Gasteiger partial charge in [0.25, 0.3) is 0 Å². The summed E-state index contributed by atoms with van der Waals surface area (Å²) in [6, 6.07) is -1.54. The molecule has 4 N–H and O–H groups in total. The van der Waals surface area contributed by atoms with E-state index in [1.165, 1.54) is 148 Å². The second kappa shape index (κ2) is 39.3. The molecule has 55 heavy (non-hydrogen) atoms. The molecule has 0 saturated heterocycles. The third-order valence-corrected chi connectivity index (χ3v) is 11.1. The molecule has 3 unspecified atom stereocenters. The van der Waals surface area contributed by atoms with Gasteiger partial charge < -0.3 is 25.2 Å². The van der Waals surface area contributed by atoms with Crippen LogP contribution >= 0.6 is 7.82 Å². The van der Waals surface area contributed by atoms with Gasteiger partial charge in [0.2, 0.25) is 5.91 Å². The van der Waals surface area contributed by atoms with Crippen molar-refractivity contribution in [3.8, 4) is 0 Å². The van der Waals surface area contributed by atoms with Crippen molar-refractivity contribution in [1.82, 2.24) is 5.32 Å². The maximum atomic E-state index is 12.2. The van der Waals surface area contributed by atoms with E-state index >= 15 is 0 Å². The molecule has 0 saturated carbocycles. The predicted octanol–water partition coefficient (Wildman–Crippen LogP) is 11.5. The van der Waals surface area contributed by atoms with Crippen LogP contribution in [0.25, 0.3) is 0 Å². The van der Waals surface area contributed by atoms with Crippen LogP contribution in [-0.2, 0) is 32.7 Å². The van der Waals surface area contributed by atoms with Crippen LogP contribution in [0.4, 0.5) is 0 Å². The van der Waals surface area contributed by atoms with Gasteiger partial charge in [-0.25, -0.2) is 9.36 Å². The van der Waals surface area contributed by atoms with E-state index < -0.39 is 57.6 Å². The number of carbonyl (C=O) groups excluding carboxylic acids is 2. The topological polar surface area (TPSA) is 169 Å². The van der Waals surface area contributed by atoms with Crippen LogP contribution in [0, 0.1) is 0 Å². The second-order valence-electron chi connectivity index (χ2n) is 15.6. The zero-order valence-electron chi connectivity index (χ0n) is 35.3. The first-order valence-electron chi connectivity index (χ1n) is 22.6. The summed E-state index contributed by atoms with van der Waals surface area (Å²) in [5.41, 5.74) is 0.